The number of non-ortho nitro benzene ring substituents is 1. The highest BCUT2D eigenvalue weighted by atomic mass is 16.6. The van der Waals surface area contributed by atoms with Gasteiger partial charge < -0.3 is 20.1 Å². The molecule has 2 amide bonds. The zero-order valence-electron chi connectivity index (χ0n) is 17.9. The van der Waals surface area contributed by atoms with Crippen molar-refractivity contribution in [2.45, 2.75) is 0 Å². The van der Waals surface area contributed by atoms with Gasteiger partial charge in [0.05, 0.1) is 24.7 Å². The van der Waals surface area contributed by atoms with Crippen LogP contribution in [0.15, 0.2) is 78.5 Å². The Hall–Kier alpha value is -4.66. The quantitative estimate of drug-likeness (QED) is 0.306. The van der Waals surface area contributed by atoms with Gasteiger partial charge in [-0.2, -0.15) is 0 Å². The van der Waals surface area contributed by atoms with E-state index in [9.17, 15) is 19.7 Å². The lowest BCUT2D eigenvalue weighted by atomic mass is 10.1. The summed E-state index contributed by atoms with van der Waals surface area (Å²) in [6, 6.07) is 18.9. The molecule has 0 saturated heterocycles. The molecule has 0 spiro atoms. The number of amides is 2. The molecule has 0 radical (unpaired) electrons. The summed E-state index contributed by atoms with van der Waals surface area (Å²) in [6.45, 7) is 0. The van der Waals surface area contributed by atoms with Crippen LogP contribution in [-0.2, 0) is 4.79 Å². The van der Waals surface area contributed by atoms with Crippen LogP contribution in [0.1, 0.15) is 15.9 Å². The highest BCUT2D eigenvalue weighted by Gasteiger charge is 2.18. The van der Waals surface area contributed by atoms with Gasteiger partial charge in [0.2, 0.25) is 0 Å². The zero-order valence-corrected chi connectivity index (χ0v) is 17.9. The summed E-state index contributed by atoms with van der Waals surface area (Å²) in [5, 5.41) is 16.2. The van der Waals surface area contributed by atoms with Crippen molar-refractivity contribution in [3.63, 3.8) is 0 Å². The topological polar surface area (TPSA) is 120 Å². The number of ether oxygens (including phenoxy) is 2. The molecular formula is C24H21N3O6. The number of carbonyl (C=O) groups is 2. The number of nitrogens with zero attached hydrogens (tertiary/aromatic N) is 1. The molecular weight excluding hydrogens is 426 g/mol. The average Bonchev–Trinajstić information content (AvgIpc) is 2.84. The number of rotatable bonds is 8. The van der Waals surface area contributed by atoms with Crippen LogP contribution in [0.25, 0.3) is 6.08 Å². The minimum absolute atomic E-state index is 0.0597. The van der Waals surface area contributed by atoms with E-state index in [4.69, 9.17) is 9.47 Å². The standard InChI is InChI=1S/C24H21N3O6/c1-32-19-13-9-17(10-14-19)25-24(29)21(15-16-7-11-18(12-8-16)27(30)31)26-23(28)20-5-3-4-6-22(20)33-2/h3-15H,1-2H3,(H,25,29)(H,26,28)/b21-15+. The smallest absolute Gasteiger partial charge is 0.272 e. The lowest BCUT2D eigenvalue weighted by Crippen LogP contribution is -2.31. The van der Waals surface area contributed by atoms with Gasteiger partial charge in [-0.3, -0.25) is 19.7 Å². The van der Waals surface area contributed by atoms with Crippen molar-refractivity contribution in [2.24, 2.45) is 0 Å². The average molecular weight is 447 g/mol. The van der Waals surface area contributed by atoms with Crippen LogP contribution < -0.4 is 20.1 Å². The second-order valence-corrected chi connectivity index (χ2v) is 6.74. The van der Waals surface area contributed by atoms with E-state index in [1.54, 1.807) is 48.5 Å². The van der Waals surface area contributed by atoms with E-state index in [1.165, 1.54) is 44.6 Å². The first-order chi connectivity index (χ1) is 15.9. The van der Waals surface area contributed by atoms with Crippen molar-refractivity contribution >= 4 is 29.3 Å². The van der Waals surface area contributed by atoms with Gasteiger partial charge in [0.15, 0.2) is 0 Å². The number of benzene rings is 3. The molecule has 33 heavy (non-hydrogen) atoms. The Morgan fingerprint density at radius 3 is 2.18 bits per heavy atom. The van der Waals surface area contributed by atoms with E-state index >= 15 is 0 Å². The Morgan fingerprint density at radius 1 is 0.909 bits per heavy atom. The van der Waals surface area contributed by atoms with Gasteiger partial charge in [0.1, 0.15) is 17.2 Å². The van der Waals surface area contributed by atoms with Crippen molar-refractivity contribution in [3.8, 4) is 11.5 Å². The van der Waals surface area contributed by atoms with Gasteiger partial charge in [-0.1, -0.05) is 12.1 Å². The number of nitro groups is 1. The van der Waals surface area contributed by atoms with Crippen molar-refractivity contribution < 1.29 is 24.0 Å². The number of hydrogen-bond acceptors (Lipinski definition) is 6. The van der Waals surface area contributed by atoms with Crippen LogP contribution >= 0.6 is 0 Å². The molecule has 9 heteroatoms. The number of nitrogens with one attached hydrogen (secondary N) is 2. The Morgan fingerprint density at radius 2 is 1.58 bits per heavy atom. The Labute approximate surface area is 189 Å². The first-order valence-corrected chi connectivity index (χ1v) is 9.77. The fourth-order valence-corrected chi connectivity index (χ4v) is 2.91. The highest BCUT2D eigenvalue weighted by molar-refractivity contribution is 6.11. The molecule has 0 aliphatic heterocycles. The largest absolute Gasteiger partial charge is 0.497 e. The molecule has 0 bridgehead atoms. The SMILES string of the molecule is COc1ccc(NC(=O)/C(=C\c2ccc([N+](=O)[O-])cc2)NC(=O)c2ccccc2OC)cc1. The van der Waals surface area contributed by atoms with Crippen LogP contribution in [0.3, 0.4) is 0 Å². The lowest BCUT2D eigenvalue weighted by Gasteiger charge is -2.13. The van der Waals surface area contributed by atoms with Crippen molar-refractivity contribution in [2.75, 3.05) is 19.5 Å². The molecule has 2 N–H and O–H groups in total. The molecule has 0 aliphatic rings. The van der Waals surface area contributed by atoms with Crippen LogP contribution in [0.2, 0.25) is 0 Å². The fraction of sp³-hybridized carbons (Fsp3) is 0.0833. The monoisotopic (exact) mass is 447 g/mol. The van der Waals surface area contributed by atoms with Gasteiger partial charge in [0, 0.05) is 17.8 Å². The van der Waals surface area contributed by atoms with Crippen molar-refractivity contribution in [1.82, 2.24) is 5.32 Å². The highest BCUT2D eigenvalue weighted by Crippen LogP contribution is 2.20. The Kier molecular flexibility index (Phi) is 7.38. The van der Waals surface area contributed by atoms with E-state index < -0.39 is 16.7 Å². The molecule has 0 heterocycles. The van der Waals surface area contributed by atoms with Crippen LogP contribution in [0.4, 0.5) is 11.4 Å². The predicted octanol–water partition coefficient (Wildman–Crippen LogP) is 4.02. The summed E-state index contributed by atoms with van der Waals surface area (Å²) in [7, 11) is 2.97. The summed E-state index contributed by atoms with van der Waals surface area (Å²) < 4.78 is 10.3. The maximum Gasteiger partial charge on any atom is 0.272 e. The number of nitro benzene ring substituents is 1. The number of carbonyl (C=O) groups excluding carboxylic acids is 2. The van der Waals surface area contributed by atoms with Gasteiger partial charge in [-0.15, -0.1) is 0 Å². The molecule has 0 aromatic heterocycles. The van der Waals surface area contributed by atoms with Crippen molar-refractivity contribution in [3.05, 3.63) is 99.7 Å². The molecule has 168 valence electrons. The van der Waals surface area contributed by atoms with E-state index in [0.717, 1.165) is 0 Å². The lowest BCUT2D eigenvalue weighted by molar-refractivity contribution is -0.384. The summed E-state index contributed by atoms with van der Waals surface area (Å²) in [4.78, 5) is 36.3. The van der Waals surface area contributed by atoms with Crippen LogP contribution in [-0.4, -0.2) is 31.0 Å². The molecule has 0 saturated carbocycles. The maximum absolute atomic E-state index is 13.0. The summed E-state index contributed by atoms with van der Waals surface area (Å²) in [6.07, 6.45) is 1.43. The van der Waals surface area contributed by atoms with Gasteiger partial charge in [0.25, 0.3) is 17.5 Å². The van der Waals surface area contributed by atoms with Crippen molar-refractivity contribution in [1.29, 1.82) is 0 Å². The van der Waals surface area contributed by atoms with Crippen LogP contribution in [0, 0.1) is 10.1 Å². The number of hydrogen-bond donors (Lipinski definition) is 2. The molecule has 3 rings (SSSR count). The Bertz CT molecular complexity index is 1190. The molecule has 0 fully saturated rings. The second kappa shape index (κ2) is 10.6. The van der Waals surface area contributed by atoms with Gasteiger partial charge in [-0.05, 0) is 60.2 Å². The van der Waals surface area contributed by atoms with Gasteiger partial charge >= 0.3 is 0 Å². The molecule has 0 atom stereocenters. The maximum atomic E-state index is 13.0. The third kappa shape index (κ3) is 5.95. The number of para-hydroxylation sites is 1. The molecule has 3 aromatic rings. The molecule has 0 aliphatic carbocycles. The minimum atomic E-state index is -0.582. The van der Waals surface area contributed by atoms with E-state index in [1.807, 2.05) is 0 Å². The fourth-order valence-electron chi connectivity index (χ4n) is 2.91. The van der Waals surface area contributed by atoms with E-state index in [2.05, 4.69) is 10.6 Å². The summed E-state index contributed by atoms with van der Waals surface area (Å²) in [5.74, 6) is -0.161. The van der Waals surface area contributed by atoms with E-state index in [-0.39, 0.29) is 16.9 Å². The molecule has 0 unspecified atom stereocenters. The molecule has 3 aromatic carbocycles. The number of methoxy groups -OCH3 is 2. The second-order valence-electron chi connectivity index (χ2n) is 6.74. The summed E-state index contributed by atoms with van der Waals surface area (Å²) in [5.41, 5.74) is 1.07. The zero-order chi connectivity index (χ0) is 23.8. The minimum Gasteiger partial charge on any atom is -0.497 e. The third-order valence-corrected chi connectivity index (χ3v) is 4.61. The predicted molar refractivity (Wildman–Crippen MR) is 123 cm³/mol. The van der Waals surface area contributed by atoms with Crippen LogP contribution in [0.5, 0.6) is 11.5 Å². The van der Waals surface area contributed by atoms with Gasteiger partial charge in [-0.25, -0.2) is 0 Å². The third-order valence-electron chi connectivity index (χ3n) is 4.61. The van der Waals surface area contributed by atoms with E-state index in [0.29, 0.717) is 22.7 Å². The summed E-state index contributed by atoms with van der Waals surface area (Å²) >= 11 is 0. The first kappa shape index (κ1) is 23.0. The first-order valence-electron chi connectivity index (χ1n) is 9.77. The molecule has 9 nitrogen and oxygen atoms in total. The Balaban J connectivity index is 1.91. The normalized spacial score (nSPS) is 10.8. The number of anilines is 1.